The van der Waals surface area contributed by atoms with Gasteiger partial charge in [0.2, 0.25) is 5.91 Å². The highest BCUT2D eigenvalue weighted by molar-refractivity contribution is 5.87. The number of fused-ring (bicyclic) bond motifs is 3. The fraction of sp³-hybridized carbons (Fsp3) is 0.645. The van der Waals surface area contributed by atoms with E-state index in [4.69, 9.17) is 9.47 Å². The minimum absolute atomic E-state index is 0.0385. The molecule has 37 heavy (non-hydrogen) atoms. The average Bonchev–Trinajstić information content (AvgIpc) is 3.61. The summed E-state index contributed by atoms with van der Waals surface area (Å²) in [6.45, 7) is 9.15. The van der Waals surface area contributed by atoms with E-state index < -0.39 is 18.2 Å². The quantitative estimate of drug-likeness (QED) is 0.484. The van der Waals surface area contributed by atoms with Crippen molar-refractivity contribution in [2.75, 3.05) is 6.61 Å². The Labute approximate surface area is 222 Å². The van der Waals surface area contributed by atoms with Gasteiger partial charge in [-0.3, -0.25) is 4.79 Å². The zero-order valence-electron chi connectivity index (χ0n) is 22.4. The van der Waals surface area contributed by atoms with Crippen LogP contribution in [-0.2, 0) is 14.3 Å². The second kappa shape index (κ2) is 13.2. The Hall–Kier alpha value is -1.99. The van der Waals surface area contributed by atoms with Crippen molar-refractivity contribution in [2.45, 2.75) is 102 Å². The summed E-state index contributed by atoms with van der Waals surface area (Å²) < 4.78 is 12.0. The molecule has 3 aliphatic heterocycles. The topological polar surface area (TPSA) is 88.0 Å². The molecule has 1 fully saturated rings. The summed E-state index contributed by atoms with van der Waals surface area (Å²) in [7, 11) is 0. The fourth-order valence-electron chi connectivity index (χ4n) is 6.00. The molecule has 204 valence electrons. The van der Waals surface area contributed by atoms with Gasteiger partial charge in [0.25, 0.3) is 0 Å². The maximum absolute atomic E-state index is 12.8. The molecule has 0 spiro atoms. The third kappa shape index (κ3) is 8.78. The Kier molecular flexibility index (Phi) is 9.99. The second-order valence-corrected chi connectivity index (χ2v) is 11.7. The molecule has 1 saturated carbocycles. The first-order valence-electron chi connectivity index (χ1n) is 14.0. The number of hydrogen-bond acceptors (Lipinski definition) is 5. The van der Waals surface area contributed by atoms with Crippen LogP contribution in [0.5, 0.6) is 0 Å². The summed E-state index contributed by atoms with van der Waals surface area (Å²) in [5.41, 5.74) is 2.36. The lowest BCUT2D eigenvalue weighted by Crippen LogP contribution is -2.42. The summed E-state index contributed by atoms with van der Waals surface area (Å²) >= 11 is 0. The van der Waals surface area contributed by atoms with E-state index in [2.05, 4.69) is 44.0 Å². The van der Waals surface area contributed by atoms with Crippen LogP contribution in [0.1, 0.15) is 65.2 Å². The van der Waals surface area contributed by atoms with Crippen LogP contribution in [0.15, 0.2) is 60.3 Å². The molecule has 0 aromatic carbocycles. The molecule has 3 N–H and O–H groups in total. The van der Waals surface area contributed by atoms with Gasteiger partial charge in [-0.2, -0.15) is 0 Å². The van der Waals surface area contributed by atoms with Crippen molar-refractivity contribution in [2.24, 2.45) is 17.8 Å². The normalized spacial score (nSPS) is 38.8. The van der Waals surface area contributed by atoms with Gasteiger partial charge in [0, 0.05) is 0 Å². The minimum atomic E-state index is -0.836. The molecule has 6 nitrogen and oxygen atoms in total. The summed E-state index contributed by atoms with van der Waals surface area (Å²) in [6.07, 6.45) is 18.5. The number of nitrogens with one attached hydrogen (secondary N) is 1. The maximum Gasteiger partial charge on any atom is 0.243 e. The zero-order valence-corrected chi connectivity index (χ0v) is 22.4. The van der Waals surface area contributed by atoms with Crippen molar-refractivity contribution >= 4 is 5.91 Å². The average molecular weight is 512 g/mol. The monoisotopic (exact) mass is 511 g/mol. The molecule has 2 bridgehead atoms. The van der Waals surface area contributed by atoms with E-state index in [1.807, 2.05) is 12.2 Å². The highest BCUT2D eigenvalue weighted by Gasteiger charge is 2.44. The minimum Gasteiger partial charge on any atom is -0.392 e. The lowest BCUT2D eigenvalue weighted by Gasteiger charge is -2.28. The number of hydrogen-bond donors (Lipinski definition) is 3. The van der Waals surface area contributed by atoms with Gasteiger partial charge in [0.05, 0.1) is 43.2 Å². The third-order valence-electron chi connectivity index (χ3n) is 8.11. The van der Waals surface area contributed by atoms with Crippen LogP contribution >= 0.6 is 0 Å². The molecule has 0 aromatic heterocycles. The van der Waals surface area contributed by atoms with Crippen LogP contribution in [-0.4, -0.2) is 59.3 Å². The van der Waals surface area contributed by atoms with Gasteiger partial charge in [-0.15, -0.1) is 0 Å². The van der Waals surface area contributed by atoms with Crippen molar-refractivity contribution in [3.8, 4) is 0 Å². The Morgan fingerprint density at radius 3 is 2.81 bits per heavy atom. The molecule has 3 heterocycles. The first-order chi connectivity index (χ1) is 17.8. The number of carbonyl (C=O) groups is 1. The van der Waals surface area contributed by atoms with Crippen molar-refractivity contribution in [1.29, 1.82) is 0 Å². The lowest BCUT2D eigenvalue weighted by atomic mass is 9.90. The van der Waals surface area contributed by atoms with Crippen LogP contribution in [0.25, 0.3) is 0 Å². The fourth-order valence-corrected chi connectivity index (χ4v) is 6.00. The number of rotatable bonds is 3. The van der Waals surface area contributed by atoms with Crippen molar-refractivity contribution < 1.29 is 24.5 Å². The number of aliphatic hydroxyl groups excluding tert-OH is 2. The highest BCUT2D eigenvalue weighted by atomic mass is 16.5. The molecule has 6 heteroatoms. The van der Waals surface area contributed by atoms with Crippen molar-refractivity contribution in [3.63, 3.8) is 0 Å². The molecule has 9 atom stereocenters. The van der Waals surface area contributed by atoms with Crippen LogP contribution in [0.3, 0.4) is 0 Å². The van der Waals surface area contributed by atoms with E-state index in [-0.39, 0.29) is 36.1 Å². The number of ether oxygens (including phenoxy) is 2. The second-order valence-electron chi connectivity index (χ2n) is 11.7. The van der Waals surface area contributed by atoms with Crippen LogP contribution in [0.2, 0.25) is 0 Å². The molecular formula is C31H45NO5. The Bertz CT molecular complexity index is 921. The lowest BCUT2D eigenvalue weighted by molar-refractivity contribution is -0.117. The third-order valence-corrected chi connectivity index (χ3v) is 8.11. The molecule has 1 aliphatic carbocycles. The SMILES string of the molecule is C=C1C[C@H](C)C[C@@H]2CC=C[C@@H](CC=CC(=O)N[C@H]([C@@H](O)C=C[C@@H]3CC(C)=CCO3)C[C@@H]3C[C@H]3[C@@H](O)C1)O2. The van der Waals surface area contributed by atoms with E-state index in [9.17, 15) is 15.0 Å². The van der Waals surface area contributed by atoms with Gasteiger partial charge in [-0.1, -0.05) is 61.1 Å². The molecule has 0 radical (unpaired) electrons. The van der Waals surface area contributed by atoms with Gasteiger partial charge in [0.1, 0.15) is 0 Å². The first-order valence-corrected chi connectivity index (χ1v) is 14.0. The number of carbonyl (C=O) groups excluding carboxylic acids is 1. The van der Waals surface area contributed by atoms with Crippen molar-refractivity contribution in [3.05, 3.63) is 60.3 Å². The standard InChI is InChI=1S/C31H45NO5/c1-20-12-13-36-25(15-20)10-11-29(33)28-19-23-18-27(23)30(34)17-22(3)14-21(2)16-26-8-4-6-24(37-26)7-5-9-31(35)32-28/h4-6,9-12,21,23-30,33-34H,3,7-8,13-19H2,1-2H3,(H,32,35)/t21-,23-,24-,25+,26-,27+,28-,29-,30-/m0/s1. The van der Waals surface area contributed by atoms with Crippen LogP contribution < -0.4 is 5.32 Å². The molecular weight excluding hydrogens is 466 g/mol. The number of amides is 1. The van der Waals surface area contributed by atoms with Crippen LogP contribution in [0.4, 0.5) is 0 Å². The Morgan fingerprint density at radius 2 is 2.00 bits per heavy atom. The van der Waals surface area contributed by atoms with Crippen LogP contribution in [0, 0.1) is 17.8 Å². The molecule has 0 saturated heterocycles. The Morgan fingerprint density at radius 1 is 1.16 bits per heavy atom. The van der Waals surface area contributed by atoms with Crippen molar-refractivity contribution in [1.82, 2.24) is 5.32 Å². The summed E-state index contributed by atoms with van der Waals surface area (Å²) in [6, 6.07) is -0.437. The van der Waals surface area contributed by atoms with E-state index in [0.717, 1.165) is 37.7 Å². The summed E-state index contributed by atoms with van der Waals surface area (Å²) in [4.78, 5) is 12.8. The molecule has 4 aliphatic rings. The van der Waals surface area contributed by atoms with Gasteiger partial charge >= 0.3 is 0 Å². The molecule has 0 unspecified atom stereocenters. The zero-order chi connectivity index (χ0) is 26.4. The van der Waals surface area contributed by atoms with Gasteiger partial charge < -0.3 is 25.0 Å². The maximum atomic E-state index is 12.8. The summed E-state index contributed by atoms with van der Waals surface area (Å²) in [5.74, 6) is 0.665. The molecule has 1 amide bonds. The first kappa shape index (κ1) is 28.0. The van der Waals surface area contributed by atoms with E-state index >= 15 is 0 Å². The summed E-state index contributed by atoms with van der Waals surface area (Å²) in [5, 5.41) is 24.9. The molecule has 4 rings (SSSR count). The van der Waals surface area contributed by atoms with E-state index in [1.165, 1.54) is 5.57 Å². The number of aliphatic hydroxyl groups is 2. The van der Waals surface area contributed by atoms with Gasteiger partial charge in [-0.05, 0) is 82.1 Å². The van der Waals surface area contributed by atoms with Gasteiger partial charge in [0.15, 0.2) is 0 Å². The largest absolute Gasteiger partial charge is 0.392 e. The molecule has 0 aromatic rings. The smallest absolute Gasteiger partial charge is 0.243 e. The van der Waals surface area contributed by atoms with E-state index in [1.54, 1.807) is 12.2 Å². The Balaban J connectivity index is 1.44. The van der Waals surface area contributed by atoms with E-state index in [0.29, 0.717) is 31.8 Å². The highest BCUT2D eigenvalue weighted by Crippen LogP contribution is 2.46. The van der Waals surface area contributed by atoms with Gasteiger partial charge in [-0.25, -0.2) is 0 Å². The predicted molar refractivity (Wildman–Crippen MR) is 146 cm³/mol. The predicted octanol–water partition coefficient (Wildman–Crippen LogP) is 4.55.